The third-order valence-corrected chi connectivity index (χ3v) is 5.97. The Morgan fingerprint density at radius 1 is 1.23 bits per heavy atom. The van der Waals surface area contributed by atoms with Crippen LogP contribution in [0.1, 0.15) is 0 Å². The molecule has 0 radical (unpaired) electrons. The Labute approximate surface area is 189 Å². The van der Waals surface area contributed by atoms with E-state index in [1.807, 2.05) is 0 Å². The van der Waals surface area contributed by atoms with Crippen molar-refractivity contribution in [3.63, 3.8) is 0 Å². The van der Waals surface area contributed by atoms with Gasteiger partial charge in [0.05, 0.1) is 15.6 Å². The third-order valence-electron chi connectivity index (χ3n) is 2.51. The minimum absolute atomic E-state index is 0. The van der Waals surface area contributed by atoms with E-state index in [0.717, 1.165) is 12.1 Å². The molecule has 0 saturated carbocycles. The fraction of sp³-hybridized carbons (Fsp3) is 0.250. The molecule has 0 spiro atoms. The second kappa shape index (κ2) is 7.10. The number of rotatable bonds is 1. The van der Waals surface area contributed by atoms with Crippen molar-refractivity contribution in [1.29, 1.82) is 0 Å². The summed E-state index contributed by atoms with van der Waals surface area (Å²) >= 11 is 22.6. The molecule has 14 heteroatoms. The van der Waals surface area contributed by atoms with Crippen LogP contribution >= 0.6 is 46.4 Å². The number of halogens is 4. The van der Waals surface area contributed by atoms with Crippen LogP contribution in [0.25, 0.3) is 5.14 Å². The van der Waals surface area contributed by atoms with Crippen LogP contribution in [0.4, 0.5) is 5.69 Å². The monoisotopic (exact) mass is 451 g/mol. The Kier molecular flexibility index (Phi) is 7.00. The fourth-order valence-electron chi connectivity index (χ4n) is 1.63. The van der Waals surface area contributed by atoms with Crippen molar-refractivity contribution in [1.82, 2.24) is 4.72 Å². The average molecular weight is 453 g/mol. The van der Waals surface area contributed by atoms with Gasteiger partial charge in [0.15, 0.2) is 0 Å². The van der Waals surface area contributed by atoms with Gasteiger partial charge in [-0.1, -0.05) is 46.4 Å². The summed E-state index contributed by atoms with van der Waals surface area (Å²) in [5.74, 6) is 0. The number of sulfonamides is 2. The maximum Gasteiger partial charge on any atom is 1.00 e. The molecule has 3 N–H and O–H groups in total. The summed E-state index contributed by atoms with van der Waals surface area (Å²) in [6.45, 7) is 0. The minimum Gasteiger partial charge on any atom is -0.560 e. The number of benzene rings is 1. The Morgan fingerprint density at radius 3 is 2.23 bits per heavy atom. The van der Waals surface area contributed by atoms with Gasteiger partial charge in [-0.3, -0.25) is 0 Å². The molecular formula is C8H6Cl4KN3O4S2. The third kappa shape index (κ3) is 4.62. The second-order valence-electron chi connectivity index (χ2n) is 4.02. The topological polar surface area (TPSA) is 116 Å². The summed E-state index contributed by atoms with van der Waals surface area (Å²) in [6.07, 6.45) is -1.27. The maximum atomic E-state index is 12.1. The molecule has 2 rings (SSSR count). The zero-order valence-corrected chi connectivity index (χ0v) is 18.5. The predicted octanol–water partition coefficient (Wildman–Crippen LogP) is -0.515. The van der Waals surface area contributed by atoms with Crippen LogP contribution < -0.4 is 61.4 Å². The summed E-state index contributed by atoms with van der Waals surface area (Å²) in [7, 11) is -8.59. The molecule has 0 bridgehead atoms. The van der Waals surface area contributed by atoms with E-state index in [4.69, 9.17) is 51.5 Å². The van der Waals surface area contributed by atoms with E-state index < -0.39 is 39.8 Å². The van der Waals surface area contributed by atoms with Crippen LogP contribution in [0.2, 0.25) is 5.02 Å². The van der Waals surface area contributed by atoms with E-state index in [1.54, 1.807) is 0 Å². The van der Waals surface area contributed by atoms with Crippen LogP contribution in [-0.4, -0.2) is 26.8 Å². The SMILES string of the molecule is [K+].[NH-]S(=O)(=O)c1cc2c(cc1Cl)NC(C(Cl)(Cl)Cl)NS2(=O)=O. The number of alkyl halides is 3. The van der Waals surface area contributed by atoms with E-state index in [9.17, 15) is 16.8 Å². The molecule has 0 amide bonds. The van der Waals surface area contributed by atoms with Gasteiger partial charge in [0.2, 0.25) is 13.8 Å². The predicted molar refractivity (Wildman–Crippen MR) is 81.0 cm³/mol. The average Bonchev–Trinajstić information content (AvgIpc) is 2.23. The molecule has 1 unspecified atom stereocenters. The number of anilines is 1. The van der Waals surface area contributed by atoms with Crippen LogP contribution in [0.3, 0.4) is 0 Å². The number of hydrogen-bond donors (Lipinski definition) is 2. The van der Waals surface area contributed by atoms with Gasteiger partial charge in [-0.2, -0.15) is 4.72 Å². The molecule has 1 aliphatic heterocycles. The van der Waals surface area contributed by atoms with E-state index in [-0.39, 0.29) is 62.1 Å². The Morgan fingerprint density at radius 2 is 1.77 bits per heavy atom. The molecule has 1 aromatic rings. The molecule has 1 atom stereocenters. The summed E-state index contributed by atoms with van der Waals surface area (Å²) in [5, 5.41) is 9.25. The molecule has 0 saturated heterocycles. The molecule has 0 fully saturated rings. The van der Waals surface area contributed by atoms with Crippen LogP contribution in [0.15, 0.2) is 21.9 Å². The van der Waals surface area contributed by atoms with Crippen LogP contribution in [0.5, 0.6) is 0 Å². The van der Waals surface area contributed by atoms with Crippen molar-refractivity contribution < 1.29 is 68.2 Å². The zero-order valence-electron chi connectivity index (χ0n) is 10.7. The number of fused-ring (bicyclic) bond motifs is 1. The van der Waals surface area contributed by atoms with Crippen molar-refractivity contribution in [3.05, 3.63) is 22.3 Å². The van der Waals surface area contributed by atoms with Gasteiger partial charge in [0, 0.05) is 0 Å². The number of nitrogens with one attached hydrogen (secondary N) is 3. The molecule has 0 aromatic heterocycles. The van der Waals surface area contributed by atoms with Crippen molar-refractivity contribution in [3.8, 4) is 0 Å². The van der Waals surface area contributed by atoms with Gasteiger partial charge in [0.25, 0.3) is 0 Å². The van der Waals surface area contributed by atoms with Crippen molar-refractivity contribution in [2.45, 2.75) is 19.7 Å². The van der Waals surface area contributed by atoms with Gasteiger partial charge < -0.3 is 10.5 Å². The zero-order chi connectivity index (χ0) is 16.2. The van der Waals surface area contributed by atoms with Gasteiger partial charge in [0.1, 0.15) is 21.1 Å². The second-order valence-corrected chi connectivity index (χ2v) is 9.93. The van der Waals surface area contributed by atoms with Crippen LogP contribution in [0, 0.1) is 0 Å². The maximum absolute atomic E-state index is 12.1. The van der Waals surface area contributed by atoms with E-state index in [1.165, 1.54) is 0 Å². The molecule has 7 nitrogen and oxygen atoms in total. The molecule has 1 aromatic carbocycles. The van der Waals surface area contributed by atoms with E-state index in [2.05, 4.69) is 10.0 Å². The summed E-state index contributed by atoms with van der Waals surface area (Å²) < 4.78 is 46.8. The standard InChI is InChI=1S/C8H6Cl4N3O4S2.K/c9-3-1-4-6(2-5(3)20(13,16)17)21(18,19)15-7(14-4)8(10,11)12;/h1-2,7,14-15H,(H-,13,16,17);/q-1;+1. The Hall–Kier alpha value is 1.64. The first-order valence-electron chi connectivity index (χ1n) is 5.01. The normalized spacial score (nSPS) is 20.5. The summed E-state index contributed by atoms with van der Waals surface area (Å²) in [4.78, 5) is -1.05. The Bertz CT molecular complexity index is 809. The molecule has 1 aliphatic rings. The molecule has 22 heavy (non-hydrogen) atoms. The van der Waals surface area contributed by atoms with Gasteiger partial charge >= 0.3 is 51.4 Å². The van der Waals surface area contributed by atoms with Gasteiger partial charge in [-0.05, 0) is 12.1 Å². The molecule has 1 heterocycles. The van der Waals surface area contributed by atoms with Crippen LogP contribution in [-0.2, 0) is 20.0 Å². The largest absolute Gasteiger partial charge is 1.00 e. The van der Waals surface area contributed by atoms with E-state index in [0.29, 0.717) is 0 Å². The van der Waals surface area contributed by atoms with Gasteiger partial charge in [-0.25, -0.2) is 16.8 Å². The first kappa shape index (κ1) is 21.7. The number of hydrogen-bond acceptors (Lipinski definition) is 5. The minimum atomic E-state index is -4.44. The summed E-state index contributed by atoms with van der Waals surface area (Å²) in [5.41, 5.74) is -0.0394. The molecule has 118 valence electrons. The fourth-order valence-corrected chi connectivity index (χ4v) is 4.63. The first-order valence-corrected chi connectivity index (χ1v) is 9.49. The molecular weight excluding hydrogens is 447 g/mol. The quantitative estimate of drug-likeness (QED) is 0.439. The Balaban J connectivity index is 0.00000242. The van der Waals surface area contributed by atoms with E-state index >= 15 is 0 Å². The first-order chi connectivity index (χ1) is 9.32. The smallest absolute Gasteiger partial charge is 0.560 e. The van der Waals surface area contributed by atoms with Crippen molar-refractivity contribution in [2.75, 3.05) is 5.32 Å². The van der Waals surface area contributed by atoms with Crippen molar-refractivity contribution in [2.24, 2.45) is 0 Å². The molecule has 0 aliphatic carbocycles. The summed E-state index contributed by atoms with van der Waals surface area (Å²) in [6, 6.07) is 1.81. The van der Waals surface area contributed by atoms with Gasteiger partial charge in [-0.15, -0.1) is 0 Å². The van der Waals surface area contributed by atoms with Crippen molar-refractivity contribution >= 4 is 72.1 Å².